The summed E-state index contributed by atoms with van der Waals surface area (Å²) in [6.45, 7) is 9.65. The molecule has 0 unspecified atom stereocenters. The van der Waals surface area contributed by atoms with E-state index in [-0.39, 0.29) is 0 Å². The summed E-state index contributed by atoms with van der Waals surface area (Å²) in [5, 5.41) is 45.2. The lowest BCUT2D eigenvalue weighted by Crippen LogP contribution is -2.42. The first-order valence-corrected chi connectivity index (χ1v) is 10.4. The van der Waals surface area contributed by atoms with Gasteiger partial charge < -0.3 is 5.32 Å². The predicted molar refractivity (Wildman–Crippen MR) is 122 cm³/mol. The Kier molecular flexibility index (Phi) is 5.58. The van der Waals surface area contributed by atoms with Crippen LogP contribution in [0.4, 0.5) is 0 Å². The Hall–Kier alpha value is -4.06. The Morgan fingerprint density at radius 3 is 1.56 bits per heavy atom. The van der Waals surface area contributed by atoms with Crippen molar-refractivity contribution in [2.75, 3.05) is 0 Å². The number of aryl methyl sites for hydroxylation is 2. The van der Waals surface area contributed by atoms with E-state index in [9.17, 15) is 21.0 Å². The minimum Gasteiger partial charge on any atom is -0.381 e. The predicted octanol–water partition coefficient (Wildman–Crippen LogP) is 5.27. The van der Waals surface area contributed by atoms with E-state index in [1.165, 1.54) is 0 Å². The van der Waals surface area contributed by atoms with Crippen molar-refractivity contribution < 1.29 is 0 Å². The van der Waals surface area contributed by atoms with Gasteiger partial charge in [-0.25, -0.2) is 0 Å². The zero-order valence-electron chi connectivity index (χ0n) is 19.0. The number of rotatable bonds is 3. The molecule has 0 bridgehead atoms. The lowest BCUT2D eigenvalue weighted by molar-refractivity contribution is 0.373. The van der Waals surface area contributed by atoms with Crippen molar-refractivity contribution in [3.63, 3.8) is 0 Å². The molecule has 2 aromatic carbocycles. The van der Waals surface area contributed by atoms with Crippen LogP contribution in [0.2, 0.25) is 0 Å². The molecular weight excluding hydrogens is 394 g/mol. The Bertz CT molecular complexity index is 1200. The van der Waals surface area contributed by atoms with E-state index in [2.05, 4.69) is 29.6 Å². The molecule has 0 saturated heterocycles. The van der Waals surface area contributed by atoms with E-state index < -0.39 is 22.3 Å². The molecular formula is C27H25N5. The highest BCUT2D eigenvalue weighted by Gasteiger charge is 2.65. The zero-order valence-corrected chi connectivity index (χ0v) is 19.0. The van der Waals surface area contributed by atoms with E-state index in [0.717, 1.165) is 11.1 Å². The fourth-order valence-corrected chi connectivity index (χ4v) is 4.43. The van der Waals surface area contributed by atoms with Crippen LogP contribution < -0.4 is 5.32 Å². The molecule has 5 heteroatoms. The lowest BCUT2D eigenvalue weighted by Gasteiger charge is -2.32. The zero-order chi connectivity index (χ0) is 23.7. The second-order valence-electron chi connectivity index (χ2n) is 9.40. The molecule has 1 aliphatic carbocycles. The van der Waals surface area contributed by atoms with Gasteiger partial charge in [0.25, 0.3) is 0 Å². The largest absolute Gasteiger partial charge is 0.381 e. The van der Waals surface area contributed by atoms with Gasteiger partial charge in [0.2, 0.25) is 0 Å². The molecule has 0 aromatic heterocycles. The minimum atomic E-state index is -1.74. The van der Waals surface area contributed by atoms with Gasteiger partial charge in [-0.1, -0.05) is 59.7 Å². The smallest absolute Gasteiger partial charge is 0.192 e. The second-order valence-corrected chi connectivity index (χ2v) is 9.40. The van der Waals surface area contributed by atoms with Gasteiger partial charge in [-0.05, 0) is 45.7 Å². The number of hydrogen-bond donors (Lipinski definition) is 1. The molecule has 0 fully saturated rings. The van der Waals surface area contributed by atoms with Gasteiger partial charge in [0, 0.05) is 11.1 Å². The molecule has 0 spiro atoms. The van der Waals surface area contributed by atoms with Crippen molar-refractivity contribution in [1.29, 1.82) is 21.0 Å². The first kappa shape index (κ1) is 22.6. The molecule has 0 amide bonds. The fourth-order valence-electron chi connectivity index (χ4n) is 4.43. The Balaban J connectivity index is 2.50. The number of nitrogens with one attached hydrogen (secondary N) is 1. The quantitative estimate of drug-likeness (QED) is 0.729. The normalized spacial score (nSPS) is 18.7. The van der Waals surface area contributed by atoms with Crippen molar-refractivity contribution in [1.82, 2.24) is 5.32 Å². The molecule has 1 atom stereocenters. The van der Waals surface area contributed by atoms with Gasteiger partial charge in [0.1, 0.15) is 0 Å². The van der Waals surface area contributed by atoms with Crippen LogP contribution in [0, 0.1) is 70.0 Å². The minimum absolute atomic E-state index is 0.326. The van der Waals surface area contributed by atoms with Crippen LogP contribution in [0.1, 0.15) is 48.9 Å². The highest BCUT2D eigenvalue weighted by Crippen LogP contribution is 2.64. The molecule has 5 nitrogen and oxygen atoms in total. The van der Waals surface area contributed by atoms with Crippen molar-refractivity contribution in [2.45, 2.75) is 46.1 Å². The Morgan fingerprint density at radius 1 is 0.719 bits per heavy atom. The second kappa shape index (κ2) is 7.89. The topological polar surface area (TPSA) is 107 Å². The summed E-state index contributed by atoms with van der Waals surface area (Å²) in [4.78, 5) is 0. The van der Waals surface area contributed by atoms with Crippen molar-refractivity contribution >= 4 is 5.57 Å². The Morgan fingerprint density at radius 2 is 1.16 bits per heavy atom. The molecule has 1 aliphatic rings. The average Bonchev–Trinajstić information content (AvgIpc) is 3.00. The lowest BCUT2D eigenvalue weighted by atomic mass is 9.64. The molecule has 3 rings (SSSR count). The summed E-state index contributed by atoms with van der Waals surface area (Å²) in [7, 11) is 0. The van der Waals surface area contributed by atoms with Gasteiger partial charge in [-0.2, -0.15) is 21.0 Å². The van der Waals surface area contributed by atoms with Gasteiger partial charge in [0.15, 0.2) is 10.8 Å². The summed E-state index contributed by atoms with van der Waals surface area (Å²) in [6.07, 6.45) is 0. The van der Waals surface area contributed by atoms with E-state index in [1.807, 2.05) is 71.0 Å². The van der Waals surface area contributed by atoms with Crippen molar-refractivity contribution in [3.05, 3.63) is 76.5 Å². The number of hydrogen-bond acceptors (Lipinski definition) is 5. The molecule has 32 heavy (non-hydrogen) atoms. The summed E-state index contributed by atoms with van der Waals surface area (Å²) in [5.41, 5.74) is 0.0243. The molecule has 0 saturated carbocycles. The number of allylic oxidation sites excluding steroid dienone is 2. The molecule has 1 N–H and O–H groups in total. The molecule has 0 heterocycles. The summed E-state index contributed by atoms with van der Waals surface area (Å²) in [5.74, 6) is -0.984. The van der Waals surface area contributed by atoms with E-state index >= 15 is 0 Å². The SMILES string of the molecule is Cc1ccc(C2=C(NC(C)(C)C)C(C#N)(C#N)[C@@H](c3ccc(C)cc3)C2(C#N)C#N)cc1. The van der Waals surface area contributed by atoms with Crippen LogP contribution >= 0.6 is 0 Å². The molecule has 0 radical (unpaired) electrons. The first-order valence-electron chi connectivity index (χ1n) is 10.4. The van der Waals surface area contributed by atoms with Crippen molar-refractivity contribution in [2.24, 2.45) is 10.8 Å². The standard InChI is InChI=1S/C27H25N5/c1-18-6-10-20(11-7-18)22-24(32-25(3,4)5)27(16-30,17-31)23(26(22,14-28)15-29)21-12-8-19(2)9-13-21/h6-13,23,32H,1-5H3/t23-/m0/s1. The van der Waals surface area contributed by atoms with E-state index in [4.69, 9.17) is 0 Å². The van der Waals surface area contributed by atoms with E-state index in [0.29, 0.717) is 22.4 Å². The maximum absolute atomic E-state index is 10.5. The number of nitriles is 4. The van der Waals surface area contributed by atoms with Crippen LogP contribution in [0.15, 0.2) is 54.2 Å². The van der Waals surface area contributed by atoms with Gasteiger partial charge in [-0.3, -0.25) is 0 Å². The summed E-state index contributed by atoms with van der Waals surface area (Å²) in [6, 6.07) is 23.7. The third-order valence-electron chi connectivity index (χ3n) is 5.86. The number of nitrogens with zero attached hydrogens (tertiary/aromatic N) is 4. The van der Waals surface area contributed by atoms with Crippen LogP contribution in [0.5, 0.6) is 0 Å². The third-order valence-corrected chi connectivity index (χ3v) is 5.86. The average molecular weight is 420 g/mol. The number of benzene rings is 2. The summed E-state index contributed by atoms with van der Waals surface area (Å²) >= 11 is 0. The highest BCUT2D eigenvalue weighted by molar-refractivity contribution is 5.86. The van der Waals surface area contributed by atoms with Crippen LogP contribution in [-0.2, 0) is 0 Å². The molecule has 2 aromatic rings. The maximum Gasteiger partial charge on any atom is 0.192 e. The van der Waals surface area contributed by atoms with Crippen LogP contribution in [0.3, 0.4) is 0 Å². The summed E-state index contributed by atoms with van der Waals surface area (Å²) < 4.78 is 0. The van der Waals surface area contributed by atoms with Gasteiger partial charge >= 0.3 is 0 Å². The third kappa shape index (κ3) is 3.39. The van der Waals surface area contributed by atoms with Crippen LogP contribution in [0.25, 0.3) is 5.57 Å². The van der Waals surface area contributed by atoms with Gasteiger partial charge in [0.05, 0.1) is 35.9 Å². The molecule has 158 valence electrons. The van der Waals surface area contributed by atoms with Gasteiger partial charge in [-0.15, -0.1) is 0 Å². The highest BCUT2D eigenvalue weighted by atomic mass is 15.0. The Labute approximate surface area is 189 Å². The van der Waals surface area contributed by atoms with Crippen molar-refractivity contribution in [3.8, 4) is 24.3 Å². The fraction of sp³-hybridized carbons (Fsp3) is 0.333. The maximum atomic E-state index is 10.5. The monoisotopic (exact) mass is 419 g/mol. The first-order chi connectivity index (χ1) is 15.1. The molecule has 0 aliphatic heterocycles. The van der Waals surface area contributed by atoms with Crippen LogP contribution in [-0.4, -0.2) is 5.54 Å². The van der Waals surface area contributed by atoms with E-state index in [1.54, 1.807) is 12.1 Å².